The first kappa shape index (κ1) is 13.3. The van der Waals surface area contributed by atoms with Gasteiger partial charge in [0.2, 0.25) is 5.82 Å². The van der Waals surface area contributed by atoms with Crippen LogP contribution in [0.2, 0.25) is 0 Å². The third kappa shape index (κ3) is 2.50. The zero-order chi connectivity index (χ0) is 15.0. The molecule has 0 amide bonds. The van der Waals surface area contributed by atoms with Gasteiger partial charge in [0.05, 0.1) is 5.56 Å². The van der Waals surface area contributed by atoms with Crippen LogP contribution in [0.1, 0.15) is 11.1 Å². The van der Waals surface area contributed by atoms with Crippen LogP contribution >= 0.6 is 0 Å². The molecule has 2 N–H and O–H groups in total. The lowest BCUT2D eigenvalue weighted by Crippen LogP contribution is -1.93. The third-order valence-electron chi connectivity index (χ3n) is 3.28. The molecule has 21 heavy (non-hydrogen) atoms. The summed E-state index contributed by atoms with van der Waals surface area (Å²) in [5.74, 6) is 0.341. The number of rotatable bonds is 2. The van der Waals surface area contributed by atoms with Crippen LogP contribution in [0.25, 0.3) is 22.8 Å². The molecule has 3 aromatic rings. The summed E-state index contributed by atoms with van der Waals surface area (Å²) in [6.45, 7) is 3.72. The molecular formula is C16H14FN3O. The molecule has 1 aromatic heterocycles. The van der Waals surface area contributed by atoms with E-state index < -0.39 is 0 Å². The number of hydrogen-bond acceptors (Lipinski definition) is 4. The Morgan fingerprint density at radius 3 is 2.71 bits per heavy atom. The van der Waals surface area contributed by atoms with E-state index in [-0.39, 0.29) is 5.82 Å². The molecule has 0 spiro atoms. The topological polar surface area (TPSA) is 64.9 Å². The molecule has 0 unspecified atom stereocenters. The summed E-state index contributed by atoms with van der Waals surface area (Å²) in [7, 11) is 0. The summed E-state index contributed by atoms with van der Waals surface area (Å²) in [5, 5.41) is 3.91. The Morgan fingerprint density at radius 1 is 1.14 bits per heavy atom. The average molecular weight is 283 g/mol. The van der Waals surface area contributed by atoms with Crippen molar-refractivity contribution in [2.45, 2.75) is 13.8 Å². The fraction of sp³-hybridized carbons (Fsp3) is 0.125. The zero-order valence-electron chi connectivity index (χ0n) is 11.7. The number of nitrogens with two attached hydrogens (primary N) is 1. The lowest BCUT2D eigenvalue weighted by atomic mass is 10.1. The van der Waals surface area contributed by atoms with E-state index in [0.29, 0.717) is 28.5 Å². The molecule has 0 aliphatic rings. The molecule has 0 saturated carbocycles. The van der Waals surface area contributed by atoms with Gasteiger partial charge in [-0.25, -0.2) is 4.39 Å². The zero-order valence-corrected chi connectivity index (χ0v) is 11.7. The summed E-state index contributed by atoms with van der Waals surface area (Å²) in [6.07, 6.45) is 0. The Kier molecular flexibility index (Phi) is 3.17. The number of anilines is 1. The van der Waals surface area contributed by atoms with Crippen LogP contribution in [-0.2, 0) is 0 Å². The average Bonchev–Trinajstić information content (AvgIpc) is 2.90. The van der Waals surface area contributed by atoms with Gasteiger partial charge in [-0.15, -0.1) is 0 Å². The molecule has 0 saturated heterocycles. The summed E-state index contributed by atoms with van der Waals surface area (Å²) in [4.78, 5) is 4.31. The molecule has 0 atom stereocenters. The van der Waals surface area contributed by atoms with Gasteiger partial charge >= 0.3 is 0 Å². The second-order valence-corrected chi connectivity index (χ2v) is 4.98. The first-order valence-electron chi connectivity index (χ1n) is 6.51. The van der Waals surface area contributed by atoms with Gasteiger partial charge in [-0.2, -0.15) is 4.98 Å². The molecule has 0 fully saturated rings. The van der Waals surface area contributed by atoms with Crippen molar-refractivity contribution < 1.29 is 8.91 Å². The van der Waals surface area contributed by atoms with E-state index in [9.17, 15) is 4.39 Å². The fourth-order valence-electron chi connectivity index (χ4n) is 2.18. The number of nitrogen functional groups attached to an aromatic ring is 1. The SMILES string of the molecule is Cc1cc(F)cc(-c2noc(-c3cccc(C)c3N)n2)c1. The van der Waals surface area contributed by atoms with Crippen LogP contribution < -0.4 is 5.73 Å². The molecule has 5 heteroatoms. The molecule has 2 aromatic carbocycles. The van der Waals surface area contributed by atoms with E-state index in [2.05, 4.69) is 10.1 Å². The molecule has 0 aliphatic carbocycles. The molecule has 0 bridgehead atoms. The Labute approximate surface area is 121 Å². The number of halogens is 1. The standard InChI is InChI=1S/C16H14FN3O/c1-9-6-11(8-12(17)7-9)15-19-16(21-20-15)13-5-3-4-10(2)14(13)18/h3-8H,18H2,1-2H3. The molecular weight excluding hydrogens is 269 g/mol. The van der Waals surface area contributed by atoms with Crippen LogP contribution in [0.15, 0.2) is 40.9 Å². The van der Waals surface area contributed by atoms with Crippen molar-refractivity contribution in [1.82, 2.24) is 10.1 Å². The van der Waals surface area contributed by atoms with Crippen LogP contribution in [0.5, 0.6) is 0 Å². The molecule has 4 nitrogen and oxygen atoms in total. The quantitative estimate of drug-likeness (QED) is 0.727. The minimum Gasteiger partial charge on any atom is -0.398 e. The first-order valence-corrected chi connectivity index (χ1v) is 6.51. The van der Waals surface area contributed by atoms with E-state index in [4.69, 9.17) is 10.3 Å². The van der Waals surface area contributed by atoms with Gasteiger partial charge in [0.15, 0.2) is 0 Å². The predicted molar refractivity (Wildman–Crippen MR) is 79.0 cm³/mol. The largest absolute Gasteiger partial charge is 0.398 e. The number of aryl methyl sites for hydroxylation is 2. The highest BCUT2D eigenvalue weighted by Crippen LogP contribution is 2.29. The number of nitrogens with zero attached hydrogens (tertiary/aromatic N) is 2. The smallest absolute Gasteiger partial charge is 0.260 e. The lowest BCUT2D eigenvalue weighted by molar-refractivity contribution is 0.432. The maximum absolute atomic E-state index is 13.5. The lowest BCUT2D eigenvalue weighted by Gasteiger charge is -2.03. The summed E-state index contributed by atoms with van der Waals surface area (Å²) in [6, 6.07) is 10.2. The van der Waals surface area contributed by atoms with Gasteiger partial charge in [-0.05, 0) is 49.2 Å². The van der Waals surface area contributed by atoms with Gasteiger partial charge in [0, 0.05) is 11.3 Å². The number of benzene rings is 2. The summed E-state index contributed by atoms with van der Waals surface area (Å²) in [5.41, 5.74) is 9.62. The highest BCUT2D eigenvalue weighted by molar-refractivity contribution is 5.74. The van der Waals surface area contributed by atoms with Crippen molar-refractivity contribution in [3.05, 3.63) is 53.3 Å². The fourth-order valence-corrected chi connectivity index (χ4v) is 2.18. The normalized spacial score (nSPS) is 10.8. The molecule has 106 valence electrons. The second-order valence-electron chi connectivity index (χ2n) is 4.98. The number of aromatic nitrogens is 2. The van der Waals surface area contributed by atoms with E-state index in [1.165, 1.54) is 12.1 Å². The second kappa shape index (κ2) is 5.01. The maximum atomic E-state index is 13.5. The van der Waals surface area contributed by atoms with Crippen molar-refractivity contribution in [2.24, 2.45) is 0 Å². The van der Waals surface area contributed by atoms with E-state index >= 15 is 0 Å². The molecule has 0 aliphatic heterocycles. The van der Waals surface area contributed by atoms with Gasteiger partial charge < -0.3 is 10.3 Å². The maximum Gasteiger partial charge on any atom is 0.260 e. The Balaban J connectivity index is 2.06. The minimum absolute atomic E-state index is 0.327. The Morgan fingerprint density at radius 2 is 1.95 bits per heavy atom. The summed E-state index contributed by atoms with van der Waals surface area (Å²) < 4.78 is 18.7. The van der Waals surface area contributed by atoms with Gasteiger partial charge in [0.25, 0.3) is 5.89 Å². The van der Waals surface area contributed by atoms with Crippen molar-refractivity contribution in [3.63, 3.8) is 0 Å². The van der Waals surface area contributed by atoms with Gasteiger partial charge in [-0.3, -0.25) is 0 Å². The predicted octanol–water partition coefficient (Wildman–Crippen LogP) is 3.74. The van der Waals surface area contributed by atoms with Crippen LogP contribution in [-0.4, -0.2) is 10.1 Å². The van der Waals surface area contributed by atoms with Gasteiger partial charge in [-0.1, -0.05) is 17.3 Å². The van der Waals surface area contributed by atoms with Crippen molar-refractivity contribution in [1.29, 1.82) is 0 Å². The summed E-state index contributed by atoms with van der Waals surface area (Å²) >= 11 is 0. The van der Waals surface area contributed by atoms with Crippen LogP contribution in [0, 0.1) is 19.7 Å². The molecule has 0 radical (unpaired) electrons. The van der Waals surface area contributed by atoms with Crippen molar-refractivity contribution in [3.8, 4) is 22.8 Å². The van der Waals surface area contributed by atoms with E-state index in [0.717, 1.165) is 11.1 Å². The van der Waals surface area contributed by atoms with Crippen LogP contribution in [0.3, 0.4) is 0 Å². The molecule has 1 heterocycles. The van der Waals surface area contributed by atoms with Crippen molar-refractivity contribution >= 4 is 5.69 Å². The number of para-hydroxylation sites is 1. The Bertz CT molecular complexity index is 791. The highest BCUT2D eigenvalue weighted by Gasteiger charge is 2.14. The van der Waals surface area contributed by atoms with E-state index in [1.807, 2.05) is 32.0 Å². The third-order valence-corrected chi connectivity index (χ3v) is 3.28. The van der Waals surface area contributed by atoms with Gasteiger partial charge in [0.1, 0.15) is 5.82 Å². The highest BCUT2D eigenvalue weighted by atomic mass is 19.1. The minimum atomic E-state index is -0.327. The monoisotopic (exact) mass is 283 g/mol. The Hall–Kier alpha value is -2.69. The van der Waals surface area contributed by atoms with Crippen molar-refractivity contribution in [2.75, 3.05) is 5.73 Å². The van der Waals surface area contributed by atoms with Crippen LogP contribution in [0.4, 0.5) is 10.1 Å². The first-order chi connectivity index (χ1) is 10.0. The number of hydrogen-bond donors (Lipinski definition) is 1. The molecule has 3 rings (SSSR count). The van der Waals surface area contributed by atoms with E-state index in [1.54, 1.807) is 6.07 Å².